The van der Waals surface area contributed by atoms with E-state index in [0.29, 0.717) is 17.1 Å². The fourth-order valence-electron chi connectivity index (χ4n) is 1.93. The van der Waals surface area contributed by atoms with Crippen molar-refractivity contribution in [3.63, 3.8) is 0 Å². The standard InChI is InChI=1S/C17H18O4S/c1-13-4-8-16(9-5-13)22(18,19)11-10-14-6-7-15(20-2)12-17(14)21-3/h4-12H,1-3H3/b11-10+. The Morgan fingerprint density at radius 2 is 1.64 bits per heavy atom. The topological polar surface area (TPSA) is 52.6 Å². The van der Waals surface area contributed by atoms with Crippen molar-refractivity contribution < 1.29 is 17.9 Å². The number of methoxy groups -OCH3 is 2. The van der Waals surface area contributed by atoms with E-state index in [1.165, 1.54) is 18.6 Å². The molecule has 5 heteroatoms. The van der Waals surface area contributed by atoms with E-state index >= 15 is 0 Å². The highest BCUT2D eigenvalue weighted by atomic mass is 32.2. The summed E-state index contributed by atoms with van der Waals surface area (Å²) < 4.78 is 34.9. The quantitative estimate of drug-likeness (QED) is 0.847. The van der Waals surface area contributed by atoms with Crippen LogP contribution in [0.4, 0.5) is 0 Å². The molecule has 0 unspecified atom stereocenters. The fraction of sp³-hybridized carbons (Fsp3) is 0.176. The van der Waals surface area contributed by atoms with Crippen molar-refractivity contribution in [2.75, 3.05) is 14.2 Å². The van der Waals surface area contributed by atoms with E-state index in [-0.39, 0.29) is 4.90 Å². The predicted molar refractivity (Wildman–Crippen MR) is 86.9 cm³/mol. The van der Waals surface area contributed by atoms with E-state index in [1.807, 2.05) is 6.92 Å². The van der Waals surface area contributed by atoms with Gasteiger partial charge in [-0.3, -0.25) is 0 Å². The van der Waals surface area contributed by atoms with Gasteiger partial charge in [-0.15, -0.1) is 0 Å². The molecule has 0 aliphatic rings. The monoisotopic (exact) mass is 318 g/mol. The lowest BCUT2D eigenvalue weighted by molar-refractivity contribution is 0.394. The number of aryl methyl sites for hydroxylation is 1. The summed E-state index contributed by atoms with van der Waals surface area (Å²) in [6.07, 6.45) is 1.52. The summed E-state index contributed by atoms with van der Waals surface area (Å²) in [6, 6.07) is 11.9. The first-order valence-corrected chi connectivity index (χ1v) is 8.23. The van der Waals surface area contributed by atoms with Gasteiger partial charge in [-0.05, 0) is 37.3 Å². The number of hydrogen-bond donors (Lipinski definition) is 0. The summed E-state index contributed by atoms with van der Waals surface area (Å²) in [5.41, 5.74) is 1.68. The summed E-state index contributed by atoms with van der Waals surface area (Å²) in [6.45, 7) is 1.91. The number of ether oxygens (including phenoxy) is 2. The van der Waals surface area contributed by atoms with Crippen LogP contribution in [0, 0.1) is 6.92 Å². The highest BCUT2D eigenvalue weighted by molar-refractivity contribution is 7.94. The van der Waals surface area contributed by atoms with Gasteiger partial charge in [-0.1, -0.05) is 17.7 Å². The van der Waals surface area contributed by atoms with Crippen LogP contribution in [-0.2, 0) is 9.84 Å². The van der Waals surface area contributed by atoms with E-state index in [2.05, 4.69) is 0 Å². The van der Waals surface area contributed by atoms with Crippen LogP contribution >= 0.6 is 0 Å². The van der Waals surface area contributed by atoms with Gasteiger partial charge in [0.25, 0.3) is 0 Å². The van der Waals surface area contributed by atoms with Crippen LogP contribution in [-0.4, -0.2) is 22.6 Å². The molecule has 22 heavy (non-hydrogen) atoms. The van der Waals surface area contributed by atoms with Crippen molar-refractivity contribution in [3.05, 3.63) is 59.0 Å². The maximum absolute atomic E-state index is 12.3. The lowest BCUT2D eigenvalue weighted by atomic mass is 10.2. The van der Waals surface area contributed by atoms with Crippen LogP contribution in [0.25, 0.3) is 6.08 Å². The average molecular weight is 318 g/mol. The van der Waals surface area contributed by atoms with Gasteiger partial charge in [-0.2, -0.15) is 0 Å². The van der Waals surface area contributed by atoms with Crippen LogP contribution in [0.15, 0.2) is 52.8 Å². The van der Waals surface area contributed by atoms with E-state index in [1.54, 1.807) is 49.6 Å². The van der Waals surface area contributed by atoms with Gasteiger partial charge < -0.3 is 9.47 Å². The van der Waals surface area contributed by atoms with E-state index in [4.69, 9.17) is 9.47 Å². The van der Waals surface area contributed by atoms with Crippen molar-refractivity contribution in [1.82, 2.24) is 0 Å². The van der Waals surface area contributed by atoms with Crippen molar-refractivity contribution in [2.45, 2.75) is 11.8 Å². The van der Waals surface area contributed by atoms with Crippen molar-refractivity contribution in [3.8, 4) is 11.5 Å². The molecule has 0 saturated carbocycles. The maximum Gasteiger partial charge on any atom is 0.199 e. The predicted octanol–water partition coefficient (Wildman–Crippen LogP) is 3.46. The van der Waals surface area contributed by atoms with E-state index < -0.39 is 9.84 Å². The molecule has 0 saturated heterocycles. The zero-order chi connectivity index (χ0) is 16.2. The molecule has 0 N–H and O–H groups in total. The van der Waals surface area contributed by atoms with Crippen molar-refractivity contribution >= 4 is 15.9 Å². The van der Waals surface area contributed by atoms with Gasteiger partial charge in [0.05, 0.1) is 19.1 Å². The molecule has 0 aliphatic carbocycles. The molecule has 0 amide bonds. The normalized spacial score (nSPS) is 11.6. The summed E-state index contributed by atoms with van der Waals surface area (Å²) in [5, 5.41) is 1.18. The summed E-state index contributed by atoms with van der Waals surface area (Å²) in [4.78, 5) is 0.266. The molecule has 2 aromatic rings. The first-order chi connectivity index (χ1) is 10.5. The van der Waals surface area contributed by atoms with Gasteiger partial charge in [0.1, 0.15) is 11.5 Å². The smallest absolute Gasteiger partial charge is 0.199 e. The maximum atomic E-state index is 12.3. The highest BCUT2D eigenvalue weighted by Gasteiger charge is 2.10. The Morgan fingerprint density at radius 1 is 0.955 bits per heavy atom. The second kappa shape index (κ2) is 6.66. The van der Waals surface area contributed by atoms with Crippen LogP contribution in [0.3, 0.4) is 0 Å². The number of benzene rings is 2. The average Bonchev–Trinajstić information content (AvgIpc) is 2.53. The largest absolute Gasteiger partial charge is 0.497 e. The first-order valence-electron chi connectivity index (χ1n) is 6.68. The molecule has 0 aromatic heterocycles. The molecule has 2 rings (SSSR count). The lowest BCUT2D eigenvalue weighted by Gasteiger charge is -2.07. The molecular formula is C17H18O4S. The van der Waals surface area contributed by atoms with E-state index in [0.717, 1.165) is 5.56 Å². The van der Waals surface area contributed by atoms with Crippen LogP contribution in [0.2, 0.25) is 0 Å². The highest BCUT2D eigenvalue weighted by Crippen LogP contribution is 2.26. The van der Waals surface area contributed by atoms with Gasteiger partial charge >= 0.3 is 0 Å². The fourth-order valence-corrected chi connectivity index (χ4v) is 2.92. The Bertz CT molecular complexity index is 775. The molecule has 0 aliphatic heterocycles. The second-order valence-corrected chi connectivity index (χ2v) is 6.60. The lowest BCUT2D eigenvalue weighted by Crippen LogP contribution is -1.96. The Morgan fingerprint density at radius 3 is 2.23 bits per heavy atom. The number of hydrogen-bond acceptors (Lipinski definition) is 4. The molecule has 0 fully saturated rings. The molecule has 0 heterocycles. The van der Waals surface area contributed by atoms with Crippen LogP contribution in [0.1, 0.15) is 11.1 Å². The van der Waals surface area contributed by atoms with Gasteiger partial charge in [0.15, 0.2) is 9.84 Å². The Labute approximate surface area is 130 Å². The molecule has 0 spiro atoms. The third-order valence-corrected chi connectivity index (χ3v) is 4.64. The number of sulfone groups is 1. The zero-order valence-corrected chi connectivity index (χ0v) is 13.6. The second-order valence-electron chi connectivity index (χ2n) is 4.77. The SMILES string of the molecule is COc1ccc(/C=C/S(=O)(=O)c2ccc(C)cc2)c(OC)c1. The van der Waals surface area contributed by atoms with Crippen molar-refractivity contribution in [1.29, 1.82) is 0 Å². The van der Waals surface area contributed by atoms with Gasteiger partial charge in [0.2, 0.25) is 0 Å². The molecule has 0 atom stereocenters. The third-order valence-electron chi connectivity index (χ3n) is 3.22. The molecule has 0 radical (unpaired) electrons. The molecule has 116 valence electrons. The molecular weight excluding hydrogens is 300 g/mol. The Kier molecular flexibility index (Phi) is 4.88. The first kappa shape index (κ1) is 16.1. The minimum atomic E-state index is -3.48. The van der Waals surface area contributed by atoms with Crippen LogP contribution < -0.4 is 9.47 Å². The zero-order valence-electron chi connectivity index (χ0n) is 12.7. The minimum absolute atomic E-state index is 0.266. The van der Waals surface area contributed by atoms with Gasteiger partial charge in [-0.25, -0.2) is 8.42 Å². The van der Waals surface area contributed by atoms with E-state index in [9.17, 15) is 8.42 Å². The molecule has 2 aromatic carbocycles. The minimum Gasteiger partial charge on any atom is -0.497 e. The Balaban J connectivity index is 2.33. The molecule has 4 nitrogen and oxygen atoms in total. The summed E-state index contributed by atoms with van der Waals surface area (Å²) in [7, 11) is -0.393. The van der Waals surface area contributed by atoms with Crippen molar-refractivity contribution in [2.24, 2.45) is 0 Å². The molecule has 0 bridgehead atoms. The summed E-state index contributed by atoms with van der Waals surface area (Å²) >= 11 is 0. The van der Waals surface area contributed by atoms with Crippen LogP contribution in [0.5, 0.6) is 11.5 Å². The summed E-state index contributed by atoms with van der Waals surface area (Å²) in [5.74, 6) is 1.20. The number of rotatable bonds is 5. The van der Waals surface area contributed by atoms with Gasteiger partial charge in [0, 0.05) is 17.0 Å². The third kappa shape index (κ3) is 3.68. The Hall–Kier alpha value is -2.27.